The molecule has 4 aromatic rings. The van der Waals surface area contributed by atoms with E-state index < -0.39 is 17.8 Å². The number of nitrogens with zero attached hydrogens (tertiary/aromatic N) is 4. The third kappa shape index (κ3) is 6.20. The summed E-state index contributed by atoms with van der Waals surface area (Å²) in [5.41, 5.74) is 2.64. The average Bonchev–Trinajstić information content (AvgIpc) is 2.95. The Morgan fingerprint density at radius 3 is 2.23 bits per heavy atom. The minimum atomic E-state index is -4.57. The topological polar surface area (TPSA) is 61.4 Å². The molecule has 0 unspecified atom stereocenters. The van der Waals surface area contributed by atoms with E-state index in [0.29, 0.717) is 43.4 Å². The molecule has 1 saturated heterocycles. The Kier molecular flexibility index (Phi) is 7.93. The van der Waals surface area contributed by atoms with Crippen LogP contribution in [0.3, 0.4) is 0 Å². The Morgan fingerprint density at radius 1 is 0.900 bits per heavy atom. The Bertz CT molecular complexity index is 1490. The highest BCUT2D eigenvalue weighted by Gasteiger charge is 2.34. The standard InChI is InChI=1S/C30H27ClF3N5O/c1-20-24(19-21-11-13-23(31)14-12-21)28(37-27(35-20)22-7-3-2-4-8-22)38-15-17-39(18-16-38)29(40)36-26-10-6-5-9-25(26)30(32,33)34/h2-14H,15-19H2,1H3,(H,36,40). The zero-order chi connectivity index (χ0) is 28.3. The lowest BCUT2D eigenvalue weighted by atomic mass is 10.0. The van der Waals surface area contributed by atoms with E-state index in [0.717, 1.165) is 34.3 Å². The van der Waals surface area contributed by atoms with Gasteiger partial charge < -0.3 is 15.1 Å². The number of urea groups is 1. The van der Waals surface area contributed by atoms with Crippen LogP contribution in [0.5, 0.6) is 0 Å². The predicted molar refractivity (Wildman–Crippen MR) is 151 cm³/mol. The van der Waals surface area contributed by atoms with Gasteiger partial charge in [-0.3, -0.25) is 0 Å². The molecule has 5 rings (SSSR count). The van der Waals surface area contributed by atoms with E-state index in [1.807, 2.05) is 61.5 Å². The first-order chi connectivity index (χ1) is 19.2. The SMILES string of the molecule is Cc1nc(-c2ccccc2)nc(N2CCN(C(=O)Nc3ccccc3C(F)(F)F)CC2)c1Cc1ccc(Cl)cc1. The molecule has 0 aliphatic carbocycles. The van der Waals surface area contributed by atoms with Crippen molar-refractivity contribution in [3.8, 4) is 11.4 Å². The summed E-state index contributed by atoms with van der Waals surface area (Å²) in [6, 6.07) is 21.8. The number of hydrogen-bond donors (Lipinski definition) is 1. The number of alkyl halides is 3. The third-order valence-electron chi connectivity index (χ3n) is 6.86. The first-order valence-corrected chi connectivity index (χ1v) is 13.2. The minimum absolute atomic E-state index is 0.258. The number of nitrogens with one attached hydrogen (secondary N) is 1. The first kappa shape index (κ1) is 27.5. The molecule has 6 nitrogen and oxygen atoms in total. The number of piperazine rings is 1. The summed E-state index contributed by atoms with van der Waals surface area (Å²) in [5, 5.41) is 3.10. The van der Waals surface area contributed by atoms with E-state index in [-0.39, 0.29) is 5.69 Å². The van der Waals surface area contributed by atoms with Crippen LogP contribution in [0.15, 0.2) is 78.9 Å². The maximum atomic E-state index is 13.4. The lowest BCUT2D eigenvalue weighted by Gasteiger charge is -2.36. The highest BCUT2D eigenvalue weighted by molar-refractivity contribution is 6.30. The van der Waals surface area contributed by atoms with Crippen LogP contribution < -0.4 is 10.2 Å². The number of hydrogen-bond acceptors (Lipinski definition) is 4. The molecule has 1 aliphatic rings. The molecule has 206 valence electrons. The number of carbonyl (C=O) groups is 1. The highest BCUT2D eigenvalue weighted by Crippen LogP contribution is 2.35. The van der Waals surface area contributed by atoms with Crippen LogP contribution in [0.25, 0.3) is 11.4 Å². The molecule has 0 spiro atoms. The zero-order valence-electron chi connectivity index (χ0n) is 21.8. The molecular formula is C30H27ClF3N5O. The van der Waals surface area contributed by atoms with Crippen molar-refractivity contribution in [2.24, 2.45) is 0 Å². The summed E-state index contributed by atoms with van der Waals surface area (Å²) in [5.74, 6) is 1.39. The number of anilines is 2. The van der Waals surface area contributed by atoms with Gasteiger partial charge in [-0.05, 0) is 36.8 Å². The molecule has 0 atom stereocenters. The van der Waals surface area contributed by atoms with Crippen LogP contribution in [-0.2, 0) is 12.6 Å². The fraction of sp³-hybridized carbons (Fsp3) is 0.233. The predicted octanol–water partition coefficient (Wildman–Crippen LogP) is 7.07. The second-order valence-electron chi connectivity index (χ2n) is 9.55. The molecule has 1 aromatic heterocycles. The molecule has 2 amide bonds. The van der Waals surface area contributed by atoms with Crippen LogP contribution in [-0.4, -0.2) is 47.1 Å². The van der Waals surface area contributed by atoms with Crippen LogP contribution in [0.2, 0.25) is 5.02 Å². The first-order valence-electron chi connectivity index (χ1n) is 12.8. The summed E-state index contributed by atoms with van der Waals surface area (Å²) in [6.45, 7) is 3.54. The molecular weight excluding hydrogens is 539 g/mol. The largest absolute Gasteiger partial charge is 0.418 e. The van der Waals surface area contributed by atoms with Crippen LogP contribution in [0.4, 0.5) is 29.5 Å². The lowest BCUT2D eigenvalue weighted by Crippen LogP contribution is -2.50. The van der Waals surface area contributed by atoms with Crippen molar-refractivity contribution in [1.29, 1.82) is 0 Å². The van der Waals surface area contributed by atoms with Crippen molar-refractivity contribution < 1.29 is 18.0 Å². The Hall–Kier alpha value is -4.11. The highest BCUT2D eigenvalue weighted by atomic mass is 35.5. The number of para-hydroxylation sites is 1. The van der Waals surface area contributed by atoms with Gasteiger partial charge in [0, 0.05) is 54.4 Å². The van der Waals surface area contributed by atoms with E-state index in [2.05, 4.69) is 10.2 Å². The number of aryl methyl sites for hydroxylation is 1. The lowest BCUT2D eigenvalue weighted by molar-refractivity contribution is -0.136. The molecule has 1 aliphatic heterocycles. The Morgan fingerprint density at radius 2 is 1.55 bits per heavy atom. The fourth-order valence-corrected chi connectivity index (χ4v) is 4.85. The summed E-state index contributed by atoms with van der Waals surface area (Å²) in [4.78, 5) is 26.3. The molecule has 1 N–H and O–H groups in total. The van der Waals surface area contributed by atoms with Gasteiger partial charge in [0.25, 0.3) is 0 Å². The average molecular weight is 566 g/mol. The molecule has 40 heavy (non-hydrogen) atoms. The molecule has 3 aromatic carbocycles. The van der Waals surface area contributed by atoms with Crippen molar-refractivity contribution in [2.75, 3.05) is 36.4 Å². The van der Waals surface area contributed by atoms with E-state index in [1.165, 1.54) is 23.1 Å². The number of carbonyl (C=O) groups excluding carboxylic acids is 1. The summed E-state index contributed by atoms with van der Waals surface area (Å²) in [7, 11) is 0. The van der Waals surface area contributed by atoms with Crippen molar-refractivity contribution >= 4 is 29.1 Å². The number of amides is 2. The van der Waals surface area contributed by atoms with Crippen molar-refractivity contribution in [2.45, 2.75) is 19.5 Å². The van der Waals surface area contributed by atoms with E-state index >= 15 is 0 Å². The molecule has 0 bridgehead atoms. The number of benzene rings is 3. The van der Waals surface area contributed by atoms with Crippen molar-refractivity contribution in [1.82, 2.24) is 14.9 Å². The maximum absolute atomic E-state index is 13.4. The van der Waals surface area contributed by atoms with E-state index in [4.69, 9.17) is 21.6 Å². The second kappa shape index (κ2) is 11.6. The molecule has 0 radical (unpaired) electrons. The van der Waals surface area contributed by atoms with Gasteiger partial charge in [-0.2, -0.15) is 13.2 Å². The van der Waals surface area contributed by atoms with E-state index in [1.54, 1.807) is 0 Å². The molecule has 1 fully saturated rings. The van der Waals surface area contributed by atoms with Gasteiger partial charge in [0.05, 0.1) is 11.3 Å². The normalized spacial score (nSPS) is 13.8. The number of halogens is 4. The van der Waals surface area contributed by atoms with Crippen LogP contribution >= 0.6 is 11.6 Å². The number of aromatic nitrogens is 2. The smallest absolute Gasteiger partial charge is 0.353 e. The van der Waals surface area contributed by atoms with Gasteiger partial charge in [0.1, 0.15) is 5.82 Å². The summed E-state index contributed by atoms with van der Waals surface area (Å²) < 4.78 is 40.2. The van der Waals surface area contributed by atoms with Crippen LogP contribution in [0.1, 0.15) is 22.4 Å². The van der Waals surface area contributed by atoms with Gasteiger partial charge in [0.2, 0.25) is 0 Å². The monoisotopic (exact) mass is 565 g/mol. The van der Waals surface area contributed by atoms with Gasteiger partial charge in [0.15, 0.2) is 5.82 Å². The zero-order valence-corrected chi connectivity index (χ0v) is 22.5. The molecule has 0 saturated carbocycles. The van der Waals surface area contributed by atoms with Gasteiger partial charge in [-0.25, -0.2) is 14.8 Å². The third-order valence-corrected chi connectivity index (χ3v) is 7.11. The minimum Gasteiger partial charge on any atom is -0.353 e. The quantitative estimate of drug-likeness (QED) is 0.281. The summed E-state index contributed by atoms with van der Waals surface area (Å²) in [6.07, 6.45) is -3.97. The van der Waals surface area contributed by atoms with Crippen molar-refractivity contribution in [3.05, 3.63) is 106 Å². The molecule has 10 heteroatoms. The maximum Gasteiger partial charge on any atom is 0.418 e. The summed E-state index contributed by atoms with van der Waals surface area (Å²) >= 11 is 6.08. The Labute approximate surface area is 235 Å². The van der Waals surface area contributed by atoms with Gasteiger partial charge >= 0.3 is 12.2 Å². The fourth-order valence-electron chi connectivity index (χ4n) is 4.73. The number of rotatable bonds is 5. The van der Waals surface area contributed by atoms with Gasteiger partial charge in [-0.15, -0.1) is 0 Å². The van der Waals surface area contributed by atoms with E-state index in [9.17, 15) is 18.0 Å². The van der Waals surface area contributed by atoms with Gasteiger partial charge in [-0.1, -0.05) is 66.2 Å². The second-order valence-corrected chi connectivity index (χ2v) is 9.99. The van der Waals surface area contributed by atoms with Crippen LogP contribution in [0, 0.1) is 6.92 Å². The Balaban J connectivity index is 1.38. The molecule has 2 heterocycles. The van der Waals surface area contributed by atoms with Crippen molar-refractivity contribution in [3.63, 3.8) is 0 Å².